The standard InChI is InChI=1S/C30H26IN3O2/c1-2-5-23-16-22(10-13-29(23)36-20-21-8-11-26(31)12-9-21)17-25(18-32)30(35)33-15-14-24-19-34-28-7-4-3-6-27(24)28/h2-4,6-13,16-17,19,34H,1,5,14-15,20H2,(H,33,35)/b25-17-. The van der Waals surface area contributed by atoms with E-state index >= 15 is 0 Å². The third-order valence-electron chi connectivity index (χ3n) is 5.79. The molecular weight excluding hydrogens is 561 g/mol. The minimum Gasteiger partial charge on any atom is -0.489 e. The summed E-state index contributed by atoms with van der Waals surface area (Å²) in [7, 11) is 0. The number of nitriles is 1. The van der Waals surface area contributed by atoms with Crippen molar-refractivity contribution in [3.05, 3.63) is 117 Å². The maximum Gasteiger partial charge on any atom is 0.261 e. The first-order valence-electron chi connectivity index (χ1n) is 11.6. The van der Waals surface area contributed by atoms with Gasteiger partial charge in [0, 0.05) is 27.2 Å². The molecule has 0 spiro atoms. The number of halogens is 1. The molecular formula is C30H26IN3O2. The minimum atomic E-state index is -0.387. The Morgan fingerprint density at radius 3 is 2.69 bits per heavy atom. The molecule has 3 aromatic carbocycles. The zero-order valence-electron chi connectivity index (χ0n) is 19.8. The van der Waals surface area contributed by atoms with Gasteiger partial charge in [-0.2, -0.15) is 5.26 Å². The second-order valence-electron chi connectivity index (χ2n) is 8.31. The number of nitrogens with zero attached hydrogens (tertiary/aromatic N) is 1. The first kappa shape index (κ1) is 25.3. The first-order valence-corrected chi connectivity index (χ1v) is 12.7. The molecule has 0 radical (unpaired) electrons. The Hall–Kier alpha value is -3.83. The zero-order chi connectivity index (χ0) is 25.3. The van der Waals surface area contributed by atoms with Gasteiger partial charge in [-0.25, -0.2) is 0 Å². The number of amides is 1. The number of nitrogens with one attached hydrogen (secondary N) is 2. The average molecular weight is 587 g/mol. The van der Waals surface area contributed by atoms with Crippen LogP contribution in [0.4, 0.5) is 0 Å². The number of ether oxygens (including phenoxy) is 1. The molecule has 4 aromatic rings. The van der Waals surface area contributed by atoms with E-state index in [9.17, 15) is 10.1 Å². The summed E-state index contributed by atoms with van der Waals surface area (Å²) in [6.45, 7) is 4.74. The molecule has 0 fully saturated rings. The number of hydrogen-bond acceptors (Lipinski definition) is 3. The molecule has 180 valence electrons. The summed E-state index contributed by atoms with van der Waals surface area (Å²) in [6, 6.07) is 23.9. The van der Waals surface area contributed by atoms with E-state index in [-0.39, 0.29) is 11.5 Å². The fraction of sp³-hybridized carbons (Fsp3) is 0.133. The SMILES string of the molecule is C=CCc1cc(/C=C(/C#N)C(=O)NCCc2c[nH]c3ccccc23)ccc1OCc1ccc(I)cc1. The summed E-state index contributed by atoms with van der Waals surface area (Å²) in [4.78, 5) is 15.9. The van der Waals surface area contributed by atoms with Crippen LogP contribution >= 0.6 is 22.6 Å². The van der Waals surface area contributed by atoms with Crippen molar-refractivity contribution in [1.29, 1.82) is 5.26 Å². The number of fused-ring (bicyclic) bond motifs is 1. The molecule has 0 unspecified atom stereocenters. The van der Waals surface area contributed by atoms with E-state index in [1.54, 1.807) is 6.08 Å². The Labute approximate surface area is 224 Å². The second kappa shape index (κ2) is 12.2. The number of carbonyl (C=O) groups is 1. The van der Waals surface area contributed by atoms with Gasteiger partial charge in [-0.15, -0.1) is 6.58 Å². The van der Waals surface area contributed by atoms with E-state index < -0.39 is 0 Å². The van der Waals surface area contributed by atoms with Crippen molar-refractivity contribution in [2.45, 2.75) is 19.4 Å². The van der Waals surface area contributed by atoms with Crippen molar-refractivity contribution in [3.8, 4) is 11.8 Å². The average Bonchev–Trinajstić information content (AvgIpc) is 3.31. The first-order chi connectivity index (χ1) is 17.6. The molecule has 6 heteroatoms. The number of benzene rings is 3. The van der Waals surface area contributed by atoms with Crippen LogP contribution < -0.4 is 10.1 Å². The highest BCUT2D eigenvalue weighted by molar-refractivity contribution is 14.1. The highest BCUT2D eigenvalue weighted by Gasteiger charge is 2.11. The Morgan fingerprint density at radius 1 is 1.11 bits per heavy atom. The van der Waals surface area contributed by atoms with Gasteiger partial charge in [0.25, 0.3) is 5.91 Å². The van der Waals surface area contributed by atoms with Crippen LogP contribution in [0.3, 0.4) is 0 Å². The number of para-hydroxylation sites is 1. The van der Waals surface area contributed by atoms with E-state index in [4.69, 9.17) is 4.74 Å². The summed E-state index contributed by atoms with van der Waals surface area (Å²) >= 11 is 2.28. The predicted octanol–water partition coefficient (Wildman–Crippen LogP) is 6.35. The number of H-pyrrole nitrogens is 1. The van der Waals surface area contributed by atoms with Crippen LogP contribution in [-0.4, -0.2) is 17.4 Å². The van der Waals surface area contributed by atoms with Crippen LogP contribution in [0.25, 0.3) is 17.0 Å². The van der Waals surface area contributed by atoms with Crippen LogP contribution in [0, 0.1) is 14.9 Å². The van der Waals surface area contributed by atoms with Crippen molar-refractivity contribution in [1.82, 2.24) is 10.3 Å². The van der Waals surface area contributed by atoms with Gasteiger partial charge in [-0.05, 0) is 94.1 Å². The Kier molecular flexibility index (Phi) is 8.58. The van der Waals surface area contributed by atoms with Gasteiger partial charge in [0.05, 0.1) is 0 Å². The minimum absolute atomic E-state index is 0.0611. The van der Waals surface area contributed by atoms with Crippen molar-refractivity contribution in [2.75, 3.05) is 6.54 Å². The quantitative estimate of drug-likeness (QED) is 0.0984. The number of aromatic nitrogens is 1. The topological polar surface area (TPSA) is 77.9 Å². The molecule has 36 heavy (non-hydrogen) atoms. The van der Waals surface area contributed by atoms with Gasteiger partial charge >= 0.3 is 0 Å². The third kappa shape index (κ3) is 6.43. The molecule has 0 bridgehead atoms. The van der Waals surface area contributed by atoms with Crippen LogP contribution in [0.1, 0.15) is 22.3 Å². The highest BCUT2D eigenvalue weighted by Crippen LogP contribution is 2.24. The fourth-order valence-electron chi connectivity index (χ4n) is 3.95. The van der Waals surface area contributed by atoms with Crippen LogP contribution in [0.5, 0.6) is 5.75 Å². The van der Waals surface area contributed by atoms with E-state index in [0.29, 0.717) is 26.0 Å². The highest BCUT2D eigenvalue weighted by atomic mass is 127. The Morgan fingerprint density at radius 2 is 1.92 bits per heavy atom. The predicted molar refractivity (Wildman–Crippen MR) is 152 cm³/mol. The van der Waals surface area contributed by atoms with Crippen molar-refractivity contribution < 1.29 is 9.53 Å². The number of hydrogen-bond donors (Lipinski definition) is 2. The van der Waals surface area contributed by atoms with Gasteiger partial charge < -0.3 is 15.0 Å². The van der Waals surface area contributed by atoms with E-state index in [2.05, 4.69) is 45.5 Å². The van der Waals surface area contributed by atoms with Gasteiger partial charge in [0.1, 0.15) is 24.0 Å². The number of aromatic amines is 1. The monoisotopic (exact) mass is 587 g/mol. The van der Waals surface area contributed by atoms with E-state index in [1.807, 2.05) is 79.0 Å². The van der Waals surface area contributed by atoms with Crippen molar-refractivity contribution in [3.63, 3.8) is 0 Å². The number of allylic oxidation sites excluding steroid dienone is 1. The molecule has 1 aromatic heterocycles. The van der Waals surface area contributed by atoms with E-state index in [1.165, 1.54) is 3.57 Å². The summed E-state index contributed by atoms with van der Waals surface area (Å²) in [5.74, 6) is 0.369. The molecule has 0 saturated carbocycles. The van der Waals surface area contributed by atoms with E-state index in [0.717, 1.165) is 38.9 Å². The molecule has 0 aliphatic carbocycles. The van der Waals surface area contributed by atoms with Gasteiger partial charge in [-0.3, -0.25) is 4.79 Å². The van der Waals surface area contributed by atoms with Crippen LogP contribution in [0.2, 0.25) is 0 Å². The normalized spacial score (nSPS) is 11.2. The molecule has 2 N–H and O–H groups in total. The lowest BCUT2D eigenvalue weighted by Gasteiger charge is -2.12. The van der Waals surface area contributed by atoms with Gasteiger partial charge in [-0.1, -0.05) is 42.5 Å². The fourth-order valence-corrected chi connectivity index (χ4v) is 4.31. The molecule has 5 nitrogen and oxygen atoms in total. The van der Waals surface area contributed by atoms with Gasteiger partial charge in [0.2, 0.25) is 0 Å². The smallest absolute Gasteiger partial charge is 0.261 e. The summed E-state index contributed by atoms with van der Waals surface area (Å²) in [5, 5.41) is 13.6. The van der Waals surface area contributed by atoms with Crippen molar-refractivity contribution >= 4 is 45.5 Å². The molecule has 0 aliphatic rings. The number of rotatable bonds is 10. The van der Waals surface area contributed by atoms with Crippen LogP contribution in [0.15, 0.2) is 91.2 Å². The molecule has 1 heterocycles. The molecule has 0 saturated heterocycles. The number of carbonyl (C=O) groups excluding carboxylic acids is 1. The summed E-state index contributed by atoms with van der Waals surface area (Å²) in [6.07, 6.45) is 6.66. The maximum absolute atomic E-state index is 12.7. The largest absolute Gasteiger partial charge is 0.489 e. The maximum atomic E-state index is 12.7. The Balaban J connectivity index is 1.41. The second-order valence-corrected chi connectivity index (χ2v) is 9.56. The Bertz CT molecular complexity index is 1450. The molecule has 4 rings (SSSR count). The molecule has 1 amide bonds. The summed E-state index contributed by atoms with van der Waals surface area (Å²) < 4.78 is 7.23. The summed E-state index contributed by atoms with van der Waals surface area (Å²) in [5.41, 5.74) is 5.05. The molecule has 0 atom stereocenters. The zero-order valence-corrected chi connectivity index (χ0v) is 21.9. The lowest BCUT2D eigenvalue weighted by molar-refractivity contribution is -0.117. The lowest BCUT2D eigenvalue weighted by Crippen LogP contribution is -2.26. The van der Waals surface area contributed by atoms with Crippen LogP contribution in [-0.2, 0) is 24.2 Å². The third-order valence-corrected chi connectivity index (χ3v) is 6.51. The van der Waals surface area contributed by atoms with Gasteiger partial charge in [0.15, 0.2) is 0 Å². The lowest BCUT2D eigenvalue weighted by atomic mass is 10.0. The molecule has 0 aliphatic heterocycles. The van der Waals surface area contributed by atoms with Crippen molar-refractivity contribution in [2.24, 2.45) is 0 Å².